The van der Waals surface area contributed by atoms with Crippen LogP contribution in [0, 0.1) is 6.92 Å². The minimum absolute atomic E-state index is 0.0221. The number of piperidine rings is 1. The largest absolute Gasteiger partial charge is 0.507 e. The maximum absolute atomic E-state index is 10.7. The number of aromatic hydroxyl groups is 1. The molecule has 2 aliphatic rings. The van der Waals surface area contributed by atoms with Crippen LogP contribution in [-0.2, 0) is 4.74 Å². The van der Waals surface area contributed by atoms with E-state index in [-0.39, 0.29) is 17.4 Å². The molecule has 0 saturated carbocycles. The topological polar surface area (TPSA) is 70.5 Å². The molecule has 7 heteroatoms. The third-order valence-corrected chi connectivity index (χ3v) is 7.19. The monoisotopic (exact) mass is 410 g/mol. The average molecular weight is 411 g/mol. The molecular weight excluding hydrogens is 384 g/mol. The zero-order chi connectivity index (χ0) is 20.0. The summed E-state index contributed by atoms with van der Waals surface area (Å²) in [5.41, 5.74) is 2.45. The number of fused-ring (bicyclic) bond motifs is 1. The molecule has 29 heavy (non-hydrogen) atoms. The number of rotatable bonds is 3. The van der Waals surface area contributed by atoms with Crippen molar-refractivity contribution < 1.29 is 9.84 Å². The van der Waals surface area contributed by atoms with Gasteiger partial charge in [0, 0.05) is 28.7 Å². The molecule has 2 aromatic heterocycles. The first-order chi connectivity index (χ1) is 14.0. The highest BCUT2D eigenvalue weighted by Gasteiger charge is 2.42. The second kappa shape index (κ2) is 7.23. The van der Waals surface area contributed by atoms with Gasteiger partial charge in [0.2, 0.25) is 0 Å². The number of ether oxygens (including phenoxy) is 1. The number of likely N-dealkylation sites (tertiary alicyclic amines) is 1. The number of thiophene rings is 1. The summed E-state index contributed by atoms with van der Waals surface area (Å²) in [5.74, 6) is 1.04. The molecule has 1 aromatic carbocycles. The van der Waals surface area contributed by atoms with E-state index in [0.717, 1.165) is 65.1 Å². The van der Waals surface area contributed by atoms with Crippen LogP contribution >= 0.6 is 11.3 Å². The van der Waals surface area contributed by atoms with Crippen molar-refractivity contribution in [2.75, 3.05) is 32.1 Å². The number of phenolic OH excluding ortho intramolecular Hbond substituents is 1. The number of nitrogens with one attached hydrogen (secondary N) is 1. The quantitative estimate of drug-likeness (QED) is 0.679. The van der Waals surface area contributed by atoms with E-state index in [1.54, 1.807) is 11.3 Å². The molecule has 4 heterocycles. The zero-order valence-electron chi connectivity index (χ0n) is 16.8. The summed E-state index contributed by atoms with van der Waals surface area (Å²) in [6.45, 7) is 4.91. The smallest absolute Gasteiger partial charge is 0.149 e. The Bertz CT molecular complexity index is 1040. The van der Waals surface area contributed by atoms with Gasteiger partial charge in [-0.05, 0) is 68.4 Å². The lowest BCUT2D eigenvalue weighted by Crippen LogP contribution is -2.42. The van der Waals surface area contributed by atoms with Gasteiger partial charge < -0.3 is 20.1 Å². The van der Waals surface area contributed by atoms with Gasteiger partial charge in [-0.3, -0.25) is 0 Å². The SMILES string of the molecule is Cc1cc(N[C@H]2COC3(CCN(C)CC3)C2)nnc1-c1ccc2sccc2c1O. The number of anilines is 1. The molecule has 6 nitrogen and oxygen atoms in total. The van der Waals surface area contributed by atoms with Crippen molar-refractivity contribution in [1.29, 1.82) is 0 Å². The molecule has 152 valence electrons. The third kappa shape index (κ3) is 3.47. The van der Waals surface area contributed by atoms with Crippen molar-refractivity contribution >= 4 is 27.2 Å². The lowest BCUT2D eigenvalue weighted by Gasteiger charge is -2.36. The standard InChI is InChI=1S/C22H26N4O2S/c1-14-11-19(23-15-12-22(28-13-15)6-8-26(2)9-7-22)24-25-20(14)17-3-4-18-16(21(17)27)5-10-29-18/h3-5,10-11,15,27H,6-9,12-13H2,1-2H3,(H,23,24)/t15-/m1/s1. The molecule has 2 aliphatic heterocycles. The third-order valence-electron chi connectivity index (χ3n) is 6.31. The van der Waals surface area contributed by atoms with Crippen LogP contribution in [0.4, 0.5) is 5.82 Å². The van der Waals surface area contributed by atoms with Gasteiger partial charge in [-0.15, -0.1) is 21.5 Å². The fraction of sp³-hybridized carbons (Fsp3) is 0.455. The summed E-state index contributed by atoms with van der Waals surface area (Å²) < 4.78 is 7.29. The van der Waals surface area contributed by atoms with Crippen molar-refractivity contribution in [3.05, 3.63) is 35.2 Å². The van der Waals surface area contributed by atoms with E-state index in [9.17, 15) is 5.11 Å². The van der Waals surface area contributed by atoms with E-state index >= 15 is 0 Å². The molecule has 1 atom stereocenters. The van der Waals surface area contributed by atoms with E-state index in [0.29, 0.717) is 6.61 Å². The zero-order valence-corrected chi connectivity index (χ0v) is 17.6. The van der Waals surface area contributed by atoms with Crippen molar-refractivity contribution in [3.63, 3.8) is 0 Å². The van der Waals surface area contributed by atoms with Crippen LogP contribution in [0.5, 0.6) is 5.75 Å². The highest BCUT2D eigenvalue weighted by atomic mass is 32.1. The van der Waals surface area contributed by atoms with Crippen molar-refractivity contribution in [2.24, 2.45) is 0 Å². The molecule has 2 saturated heterocycles. The highest BCUT2D eigenvalue weighted by Crippen LogP contribution is 2.39. The van der Waals surface area contributed by atoms with E-state index in [1.165, 1.54) is 0 Å². The molecule has 2 N–H and O–H groups in total. The Labute approximate surface area is 174 Å². The van der Waals surface area contributed by atoms with Crippen LogP contribution < -0.4 is 5.32 Å². The summed E-state index contributed by atoms with van der Waals surface area (Å²) in [7, 11) is 2.17. The summed E-state index contributed by atoms with van der Waals surface area (Å²) >= 11 is 1.62. The first kappa shape index (κ1) is 18.8. The lowest BCUT2D eigenvalue weighted by molar-refractivity contribution is -0.0391. The predicted molar refractivity (Wildman–Crippen MR) is 117 cm³/mol. The molecule has 0 unspecified atom stereocenters. The van der Waals surface area contributed by atoms with Gasteiger partial charge in [0.05, 0.1) is 23.9 Å². The first-order valence-electron chi connectivity index (χ1n) is 10.2. The van der Waals surface area contributed by atoms with E-state index in [2.05, 4.69) is 27.5 Å². The molecule has 5 rings (SSSR count). The van der Waals surface area contributed by atoms with Gasteiger partial charge in [0.15, 0.2) is 0 Å². The number of phenols is 1. The molecule has 0 radical (unpaired) electrons. The van der Waals surface area contributed by atoms with Crippen LogP contribution in [0.25, 0.3) is 21.3 Å². The molecule has 1 spiro atoms. The first-order valence-corrected chi connectivity index (χ1v) is 11.0. The number of aromatic nitrogens is 2. The second-order valence-electron chi connectivity index (χ2n) is 8.40. The fourth-order valence-corrected chi connectivity index (χ4v) is 5.35. The predicted octanol–water partition coefficient (Wildman–Crippen LogP) is 4.04. The van der Waals surface area contributed by atoms with Gasteiger partial charge in [-0.25, -0.2) is 0 Å². The van der Waals surface area contributed by atoms with Crippen molar-refractivity contribution in [2.45, 2.75) is 37.8 Å². The van der Waals surface area contributed by atoms with Crippen LogP contribution in [0.15, 0.2) is 29.6 Å². The number of hydrogen-bond acceptors (Lipinski definition) is 7. The van der Waals surface area contributed by atoms with E-state index < -0.39 is 0 Å². The highest BCUT2D eigenvalue weighted by molar-refractivity contribution is 7.17. The molecule has 3 aromatic rings. The fourth-order valence-electron chi connectivity index (χ4n) is 4.56. The number of aryl methyl sites for hydroxylation is 1. The van der Waals surface area contributed by atoms with Crippen molar-refractivity contribution in [3.8, 4) is 17.0 Å². The molecule has 2 fully saturated rings. The Balaban J connectivity index is 1.33. The second-order valence-corrected chi connectivity index (χ2v) is 9.35. The Morgan fingerprint density at radius 2 is 2.07 bits per heavy atom. The van der Waals surface area contributed by atoms with Crippen LogP contribution in [0.2, 0.25) is 0 Å². The molecule has 0 aliphatic carbocycles. The molecule has 0 amide bonds. The maximum atomic E-state index is 10.7. The Morgan fingerprint density at radius 3 is 2.86 bits per heavy atom. The Kier molecular flexibility index (Phi) is 4.69. The summed E-state index contributed by atoms with van der Waals surface area (Å²) in [5, 5.41) is 25.9. The van der Waals surface area contributed by atoms with Gasteiger partial charge in [-0.1, -0.05) is 0 Å². The van der Waals surface area contributed by atoms with Crippen molar-refractivity contribution in [1.82, 2.24) is 15.1 Å². The van der Waals surface area contributed by atoms with Gasteiger partial charge in [-0.2, -0.15) is 0 Å². The van der Waals surface area contributed by atoms with E-state index in [4.69, 9.17) is 4.74 Å². The summed E-state index contributed by atoms with van der Waals surface area (Å²) in [6, 6.07) is 8.16. The van der Waals surface area contributed by atoms with Crippen LogP contribution in [0.3, 0.4) is 0 Å². The Hall–Kier alpha value is -2.22. The van der Waals surface area contributed by atoms with Gasteiger partial charge in [0.1, 0.15) is 11.6 Å². The minimum Gasteiger partial charge on any atom is -0.507 e. The van der Waals surface area contributed by atoms with E-state index in [1.807, 2.05) is 36.6 Å². The molecule has 0 bridgehead atoms. The van der Waals surface area contributed by atoms with Crippen LogP contribution in [0.1, 0.15) is 24.8 Å². The summed E-state index contributed by atoms with van der Waals surface area (Å²) in [6.07, 6.45) is 3.20. The average Bonchev–Trinajstić information content (AvgIpc) is 3.34. The molecular formula is C22H26N4O2S. The van der Waals surface area contributed by atoms with Gasteiger partial charge >= 0.3 is 0 Å². The number of nitrogens with zero attached hydrogens (tertiary/aromatic N) is 3. The minimum atomic E-state index is 0.0221. The number of hydrogen-bond donors (Lipinski definition) is 2. The van der Waals surface area contributed by atoms with Gasteiger partial charge in [0.25, 0.3) is 0 Å². The normalized spacial score (nSPS) is 21.8. The number of benzene rings is 1. The Morgan fingerprint density at radius 1 is 1.24 bits per heavy atom. The summed E-state index contributed by atoms with van der Waals surface area (Å²) in [4.78, 5) is 2.37. The maximum Gasteiger partial charge on any atom is 0.149 e. The lowest BCUT2D eigenvalue weighted by atomic mass is 9.87. The van der Waals surface area contributed by atoms with Crippen LogP contribution in [-0.4, -0.2) is 58.6 Å².